The first-order chi connectivity index (χ1) is 6.68. The van der Waals surface area contributed by atoms with Gasteiger partial charge in [0.1, 0.15) is 0 Å². The van der Waals surface area contributed by atoms with Crippen LogP contribution in [0.15, 0.2) is 12.2 Å². The van der Waals surface area contributed by atoms with Gasteiger partial charge in [-0.3, -0.25) is 4.57 Å². The lowest BCUT2D eigenvalue weighted by molar-refractivity contribution is 0.206. The third-order valence-electron chi connectivity index (χ3n) is 1.55. The number of rotatable bonds is 8. The van der Waals surface area contributed by atoms with Crippen LogP contribution in [-0.4, -0.2) is 19.4 Å². The molecule has 0 amide bonds. The third kappa shape index (κ3) is 6.36. The minimum atomic E-state index is -2.86. The summed E-state index contributed by atoms with van der Waals surface area (Å²) in [4.78, 5) is 0. The van der Waals surface area contributed by atoms with E-state index in [1.165, 1.54) is 0 Å². The van der Waals surface area contributed by atoms with E-state index in [0.717, 1.165) is 12.8 Å². The van der Waals surface area contributed by atoms with Crippen LogP contribution >= 0.6 is 7.60 Å². The Kier molecular flexibility index (Phi) is 8.15. The Hall–Kier alpha value is -0.110. The van der Waals surface area contributed by atoms with Gasteiger partial charge in [0.2, 0.25) is 0 Å². The van der Waals surface area contributed by atoms with E-state index in [2.05, 4.69) is 0 Å². The highest BCUT2D eigenvalue weighted by Gasteiger charge is 2.21. The van der Waals surface area contributed by atoms with Gasteiger partial charge in [-0.15, -0.1) is 0 Å². The van der Waals surface area contributed by atoms with Crippen LogP contribution in [-0.2, 0) is 13.6 Å². The third-order valence-corrected chi connectivity index (χ3v) is 3.36. The minimum Gasteiger partial charge on any atom is -0.308 e. The molecule has 0 saturated carbocycles. The zero-order chi connectivity index (χ0) is 10.9. The summed E-state index contributed by atoms with van der Waals surface area (Å²) in [5, 5.41) is 0. The molecule has 0 radical (unpaired) electrons. The average Bonchev–Trinajstić information content (AvgIpc) is 2.21. The summed E-state index contributed by atoms with van der Waals surface area (Å²) >= 11 is 0. The maximum Gasteiger partial charge on any atom is 0.334 e. The summed E-state index contributed by atoms with van der Waals surface area (Å²) in [5.41, 5.74) is 0. The van der Waals surface area contributed by atoms with E-state index < -0.39 is 7.60 Å². The van der Waals surface area contributed by atoms with Crippen LogP contribution in [0, 0.1) is 0 Å². The molecule has 0 saturated heterocycles. The van der Waals surface area contributed by atoms with Crippen LogP contribution < -0.4 is 0 Å². The molecule has 0 aliphatic heterocycles. The molecule has 84 valence electrons. The van der Waals surface area contributed by atoms with Crippen molar-refractivity contribution < 1.29 is 13.6 Å². The van der Waals surface area contributed by atoms with E-state index in [0.29, 0.717) is 19.4 Å². The number of hydrogen-bond acceptors (Lipinski definition) is 3. The van der Waals surface area contributed by atoms with Gasteiger partial charge < -0.3 is 9.05 Å². The first-order valence-electron chi connectivity index (χ1n) is 5.17. The summed E-state index contributed by atoms with van der Waals surface area (Å²) < 4.78 is 22.5. The largest absolute Gasteiger partial charge is 0.334 e. The number of hydrogen-bond donors (Lipinski definition) is 0. The smallest absolute Gasteiger partial charge is 0.308 e. The minimum absolute atomic E-state index is 0.378. The second-order valence-electron chi connectivity index (χ2n) is 3.03. The predicted octanol–water partition coefficient (Wildman–Crippen LogP) is 3.61. The fourth-order valence-electron chi connectivity index (χ4n) is 0.838. The van der Waals surface area contributed by atoms with Crippen molar-refractivity contribution in [2.45, 2.75) is 33.6 Å². The van der Waals surface area contributed by atoms with E-state index in [9.17, 15) is 4.57 Å². The summed E-state index contributed by atoms with van der Waals surface area (Å²) in [5.74, 6) is 0. The van der Waals surface area contributed by atoms with Gasteiger partial charge in [0.05, 0.1) is 19.4 Å². The van der Waals surface area contributed by atoms with Crippen molar-refractivity contribution in [1.82, 2.24) is 0 Å². The fourth-order valence-corrected chi connectivity index (χ4v) is 2.51. The second kappa shape index (κ2) is 8.22. The Labute approximate surface area is 87.0 Å². The molecule has 3 nitrogen and oxygen atoms in total. The maximum atomic E-state index is 12.0. The van der Waals surface area contributed by atoms with E-state index >= 15 is 0 Å². The lowest BCUT2D eigenvalue weighted by Crippen LogP contribution is -2.00. The van der Waals surface area contributed by atoms with E-state index in [1.54, 1.807) is 0 Å². The first kappa shape index (κ1) is 13.9. The summed E-state index contributed by atoms with van der Waals surface area (Å²) in [6, 6.07) is 0. The Bertz CT molecular complexity index is 190. The summed E-state index contributed by atoms with van der Waals surface area (Å²) in [6.45, 7) is 6.86. The average molecular weight is 220 g/mol. The quantitative estimate of drug-likeness (QED) is 0.463. The Balaban J connectivity index is 4.10. The lowest BCUT2D eigenvalue weighted by atomic mass is 10.5. The van der Waals surface area contributed by atoms with Crippen LogP contribution in [0.5, 0.6) is 0 Å². The van der Waals surface area contributed by atoms with Gasteiger partial charge in [-0.1, -0.05) is 26.0 Å². The highest BCUT2D eigenvalue weighted by atomic mass is 31.2. The molecule has 0 aromatic rings. The highest BCUT2D eigenvalue weighted by molar-refractivity contribution is 7.54. The molecule has 0 atom stereocenters. The highest BCUT2D eigenvalue weighted by Crippen LogP contribution is 2.48. The molecule has 4 heteroatoms. The van der Waals surface area contributed by atoms with Crippen LogP contribution in [0.1, 0.15) is 33.6 Å². The van der Waals surface area contributed by atoms with Gasteiger partial charge in [0.25, 0.3) is 0 Å². The Morgan fingerprint density at radius 3 is 2.00 bits per heavy atom. The standard InChI is InChI=1S/C10H21O3P/c1-4-7-10-14(11,12-8-5-2)13-9-6-3/h4,7H,5-6,8-10H2,1-3H3. The monoisotopic (exact) mass is 220 g/mol. The molecule has 0 aromatic heterocycles. The van der Waals surface area contributed by atoms with E-state index in [4.69, 9.17) is 9.05 Å². The molecule has 0 aliphatic carbocycles. The van der Waals surface area contributed by atoms with Crippen molar-refractivity contribution >= 4 is 7.60 Å². The molecule has 14 heavy (non-hydrogen) atoms. The second-order valence-corrected chi connectivity index (χ2v) is 5.13. The molecule has 0 aliphatic rings. The normalized spacial score (nSPS) is 12.5. The van der Waals surface area contributed by atoms with Crippen LogP contribution in [0.3, 0.4) is 0 Å². The first-order valence-corrected chi connectivity index (χ1v) is 6.90. The van der Waals surface area contributed by atoms with Gasteiger partial charge >= 0.3 is 7.60 Å². The van der Waals surface area contributed by atoms with Gasteiger partial charge in [-0.05, 0) is 19.8 Å². The molecule has 0 bridgehead atoms. The molecule has 0 fully saturated rings. The van der Waals surface area contributed by atoms with Gasteiger partial charge in [0, 0.05) is 0 Å². The zero-order valence-electron chi connectivity index (χ0n) is 9.36. The molecule has 0 heterocycles. The number of allylic oxidation sites excluding steroid dienone is 2. The zero-order valence-corrected chi connectivity index (χ0v) is 10.3. The molecule has 0 spiro atoms. The van der Waals surface area contributed by atoms with E-state index in [-0.39, 0.29) is 0 Å². The molecule has 0 rings (SSSR count). The summed E-state index contributed by atoms with van der Waals surface area (Å²) in [6.07, 6.45) is 5.78. The predicted molar refractivity (Wildman–Crippen MR) is 59.8 cm³/mol. The van der Waals surface area contributed by atoms with Gasteiger partial charge in [-0.2, -0.15) is 0 Å². The van der Waals surface area contributed by atoms with Crippen LogP contribution in [0.25, 0.3) is 0 Å². The Morgan fingerprint density at radius 2 is 1.64 bits per heavy atom. The van der Waals surface area contributed by atoms with Crippen molar-refractivity contribution in [2.24, 2.45) is 0 Å². The van der Waals surface area contributed by atoms with Crippen molar-refractivity contribution in [3.63, 3.8) is 0 Å². The summed E-state index contributed by atoms with van der Waals surface area (Å²) in [7, 11) is -2.86. The van der Waals surface area contributed by atoms with Crippen LogP contribution in [0.2, 0.25) is 0 Å². The van der Waals surface area contributed by atoms with Crippen molar-refractivity contribution in [1.29, 1.82) is 0 Å². The van der Waals surface area contributed by atoms with E-state index in [1.807, 2.05) is 32.9 Å². The topological polar surface area (TPSA) is 35.5 Å². The molecular weight excluding hydrogens is 199 g/mol. The molecule has 0 unspecified atom stereocenters. The van der Waals surface area contributed by atoms with Crippen molar-refractivity contribution in [3.8, 4) is 0 Å². The SMILES string of the molecule is CC=CCP(=O)(OCCC)OCCC. The maximum absolute atomic E-state index is 12.0. The van der Waals surface area contributed by atoms with Crippen LogP contribution in [0.4, 0.5) is 0 Å². The van der Waals surface area contributed by atoms with Gasteiger partial charge in [0.15, 0.2) is 0 Å². The molecule has 0 N–H and O–H groups in total. The van der Waals surface area contributed by atoms with Crippen molar-refractivity contribution in [2.75, 3.05) is 19.4 Å². The van der Waals surface area contributed by atoms with Crippen molar-refractivity contribution in [3.05, 3.63) is 12.2 Å². The molecule has 0 aromatic carbocycles. The lowest BCUT2D eigenvalue weighted by Gasteiger charge is -2.16. The van der Waals surface area contributed by atoms with Gasteiger partial charge in [-0.25, -0.2) is 0 Å². The Morgan fingerprint density at radius 1 is 1.14 bits per heavy atom. The fraction of sp³-hybridized carbons (Fsp3) is 0.800. The molecular formula is C10H21O3P.